The number of nitro groups is 1. The molecule has 0 aliphatic carbocycles. The first-order valence-corrected chi connectivity index (χ1v) is 5.84. The van der Waals surface area contributed by atoms with Gasteiger partial charge in [0.15, 0.2) is 5.78 Å². The molecule has 104 valence electrons. The minimum Gasteiger partial charge on any atom is -0.432 e. The molecule has 7 heteroatoms. The fraction of sp³-hybridized carbons (Fsp3) is 0.0714. The maximum atomic E-state index is 11.3. The second kappa shape index (κ2) is 5.79. The van der Waals surface area contributed by atoms with E-state index in [2.05, 4.69) is 4.98 Å². The number of carbonyl (C=O) groups excluding carboxylic acids is 1. The smallest absolute Gasteiger partial charge is 0.312 e. The number of hydrogen-bond acceptors (Lipinski definition) is 6. The molecule has 7 nitrogen and oxygen atoms in total. The number of ether oxygens (including phenoxy) is 1. The number of aromatic nitrogens is 1. The maximum Gasteiger partial charge on any atom is 0.312 e. The Morgan fingerprint density at radius 3 is 2.76 bits per heavy atom. The molecular formula is C14H9N3O4. The Morgan fingerprint density at radius 1 is 1.38 bits per heavy atom. The molecule has 0 unspecified atom stereocenters. The van der Waals surface area contributed by atoms with Crippen molar-refractivity contribution >= 4 is 11.5 Å². The number of nitrogens with zero attached hydrogens (tertiary/aromatic N) is 3. The van der Waals surface area contributed by atoms with Gasteiger partial charge in [-0.1, -0.05) is 0 Å². The molecule has 1 aromatic heterocycles. The number of ketones is 1. The average molecular weight is 283 g/mol. The van der Waals surface area contributed by atoms with E-state index in [1.807, 2.05) is 6.07 Å². The summed E-state index contributed by atoms with van der Waals surface area (Å²) in [5.41, 5.74) is 0.194. The second-order valence-corrected chi connectivity index (χ2v) is 4.09. The van der Waals surface area contributed by atoms with Gasteiger partial charge in [-0.05, 0) is 25.1 Å². The first-order chi connectivity index (χ1) is 10.0. The van der Waals surface area contributed by atoms with E-state index >= 15 is 0 Å². The lowest BCUT2D eigenvalue weighted by Gasteiger charge is -2.06. The van der Waals surface area contributed by atoms with E-state index in [0.29, 0.717) is 5.56 Å². The number of benzene rings is 1. The summed E-state index contributed by atoms with van der Waals surface area (Å²) >= 11 is 0. The molecule has 0 amide bonds. The van der Waals surface area contributed by atoms with Crippen LogP contribution in [0, 0.1) is 21.4 Å². The van der Waals surface area contributed by atoms with Crippen molar-refractivity contribution < 1.29 is 14.5 Å². The summed E-state index contributed by atoms with van der Waals surface area (Å²) in [7, 11) is 0. The van der Waals surface area contributed by atoms with E-state index in [1.165, 1.54) is 37.4 Å². The van der Waals surface area contributed by atoms with Crippen LogP contribution in [0.25, 0.3) is 0 Å². The van der Waals surface area contributed by atoms with Crippen LogP contribution in [0.5, 0.6) is 11.6 Å². The average Bonchev–Trinajstić information content (AvgIpc) is 2.47. The lowest BCUT2D eigenvalue weighted by molar-refractivity contribution is -0.385. The van der Waals surface area contributed by atoms with Gasteiger partial charge in [-0.2, -0.15) is 5.26 Å². The number of nitro benzene ring substituents is 1. The minimum absolute atomic E-state index is 0.0489. The Hall–Kier alpha value is -3.27. The Labute approximate surface area is 119 Å². The van der Waals surface area contributed by atoms with Gasteiger partial charge in [0.1, 0.15) is 0 Å². The van der Waals surface area contributed by atoms with Crippen LogP contribution in [0.1, 0.15) is 22.8 Å². The highest BCUT2D eigenvalue weighted by atomic mass is 16.6. The van der Waals surface area contributed by atoms with Crippen LogP contribution in [0.4, 0.5) is 5.69 Å². The van der Waals surface area contributed by atoms with Gasteiger partial charge in [0.2, 0.25) is 11.6 Å². The fourth-order valence-corrected chi connectivity index (χ4v) is 1.61. The highest BCUT2D eigenvalue weighted by Crippen LogP contribution is 2.31. The van der Waals surface area contributed by atoms with Crippen LogP contribution in [-0.4, -0.2) is 15.7 Å². The molecule has 21 heavy (non-hydrogen) atoms. The first kappa shape index (κ1) is 14.1. The summed E-state index contributed by atoms with van der Waals surface area (Å²) in [4.78, 5) is 25.5. The van der Waals surface area contributed by atoms with E-state index in [4.69, 9.17) is 10.00 Å². The molecule has 0 aliphatic rings. The SMILES string of the molecule is CC(=O)c1ccnc(Oc2ccc(C#N)cc2[N+](=O)[O-])c1. The van der Waals surface area contributed by atoms with E-state index in [-0.39, 0.29) is 28.7 Å². The summed E-state index contributed by atoms with van der Waals surface area (Å²) in [5, 5.41) is 19.8. The van der Waals surface area contributed by atoms with Gasteiger partial charge in [0.05, 0.1) is 16.6 Å². The number of carbonyl (C=O) groups is 1. The van der Waals surface area contributed by atoms with E-state index < -0.39 is 4.92 Å². The van der Waals surface area contributed by atoms with Gasteiger partial charge in [-0.15, -0.1) is 0 Å². The predicted molar refractivity (Wildman–Crippen MR) is 72.1 cm³/mol. The van der Waals surface area contributed by atoms with Crippen molar-refractivity contribution in [2.45, 2.75) is 6.92 Å². The standard InChI is InChI=1S/C14H9N3O4/c1-9(18)11-4-5-16-14(7-11)21-13-3-2-10(8-15)6-12(13)17(19)20/h2-7H,1H3. The number of hydrogen-bond donors (Lipinski definition) is 0. The van der Waals surface area contributed by atoms with Gasteiger partial charge in [0.25, 0.3) is 0 Å². The van der Waals surface area contributed by atoms with Crippen molar-refractivity contribution in [3.05, 3.63) is 57.8 Å². The largest absolute Gasteiger partial charge is 0.432 e. The molecule has 2 aromatic rings. The van der Waals surface area contributed by atoms with Crippen LogP contribution >= 0.6 is 0 Å². The Morgan fingerprint density at radius 2 is 2.14 bits per heavy atom. The monoisotopic (exact) mass is 283 g/mol. The third-order valence-electron chi connectivity index (χ3n) is 2.64. The molecule has 0 fully saturated rings. The van der Waals surface area contributed by atoms with Crippen molar-refractivity contribution in [3.8, 4) is 17.7 Å². The normalized spacial score (nSPS) is 9.71. The van der Waals surface area contributed by atoms with Crippen LogP contribution in [0.2, 0.25) is 0 Å². The lowest BCUT2D eigenvalue weighted by atomic mass is 10.2. The third kappa shape index (κ3) is 3.19. The van der Waals surface area contributed by atoms with Crippen molar-refractivity contribution in [2.24, 2.45) is 0 Å². The topological polar surface area (TPSA) is 106 Å². The molecule has 0 bridgehead atoms. The summed E-state index contributed by atoms with van der Waals surface area (Å²) in [6.45, 7) is 1.39. The number of Topliss-reactive ketones (excluding diaryl/α,β-unsaturated/α-hetero) is 1. The lowest BCUT2D eigenvalue weighted by Crippen LogP contribution is -1.97. The Balaban J connectivity index is 2.40. The Bertz CT molecular complexity index is 765. The summed E-state index contributed by atoms with van der Waals surface area (Å²) in [5.74, 6) is -0.153. The van der Waals surface area contributed by atoms with Crippen LogP contribution in [0.15, 0.2) is 36.5 Å². The van der Waals surface area contributed by atoms with Gasteiger partial charge in [-0.3, -0.25) is 14.9 Å². The molecule has 0 aliphatic heterocycles. The number of pyridine rings is 1. The third-order valence-corrected chi connectivity index (χ3v) is 2.64. The summed E-state index contributed by atoms with van der Waals surface area (Å²) < 4.78 is 5.35. The number of nitriles is 1. The molecule has 0 N–H and O–H groups in total. The van der Waals surface area contributed by atoms with Crippen molar-refractivity contribution in [1.82, 2.24) is 4.98 Å². The molecule has 0 saturated heterocycles. The van der Waals surface area contributed by atoms with Crippen LogP contribution in [0.3, 0.4) is 0 Å². The van der Waals surface area contributed by atoms with E-state index in [1.54, 1.807) is 0 Å². The summed E-state index contributed by atoms with van der Waals surface area (Å²) in [6, 6.07) is 8.56. The van der Waals surface area contributed by atoms with Crippen molar-refractivity contribution in [2.75, 3.05) is 0 Å². The van der Waals surface area contributed by atoms with Gasteiger partial charge in [0, 0.05) is 23.9 Å². The molecule has 1 aromatic carbocycles. The molecule has 2 rings (SSSR count). The molecule has 1 heterocycles. The predicted octanol–water partition coefficient (Wildman–Crippen LogP) is 2.86. The highest BCUT2D eigenvalue weighted by molar-refractivity contribution is 5.94. The van der Waals surface area contributed by atoms with Gasteiger partial charge in [-0.25, -0.2) is 4.98 Å². The molecular weight excluding hydrogens is 274 g/mol. The highest BCUT2D eigenvalue weighted by Gasteiger charge is 2.17. The van der Waals surface area contributed by atoms with Gasteiger partial charge < -0.3 is 4.74 Å². The molecule has 0 atom stereocenters. The zero-order valence-corrected chi connectivity index (χ0v) is 10.9. The molecule has 0 saturated carbocycles. The molecule has 0 spiro atoms. The van der Waals surface area contributed by atoms with E-state index in [9.17, 15) is 14.9 Å². The van der Waals surface area contributed by atoms with E-state index in [0.717, 1.165) is 6.07 Å². The van der Waals surface area contributed by atoms with Crippen LogP contribution in [-0.2, 0) is 0 Å². The first-order valence-electron chi connectivity index (χ1n) is 5.84. The van der Waals surface area contributed by atoms with Gasteiger partial charge >= 0.3 is 5.69 Å². The Kier molecular flexibility index (Phi) is 3.90. The zero-order valence-electron chi connectivity index (χ0n) is 10.9. The fourth-order valence-electron chi connectivity index (χ4n) is 1.61. The van der Waals surface area contributed by atoms with Crippen molar-refractivity contribution in [1.29, 1.82) is 5.26 Å². The maximum absolute atomic E-state index is 11.3. The summed E-state index contributed by atoms with van der Waals surface area (Å²) in [6.07, 6.45) is 1.38. The second-order valence-electron chi connectivity index (χ2n) is 4.09. The molecule has 0 radical (unpaired) electrons. The number of rotatable bonds is 4. The van der Waals surface area contributed by atoms with Crippen LogP contribution < -0.4 is 4.74 Å². The van der Waals surface area contributed by atoms with Crippen molar-refractivity contribution in [3.63, 3.8) is 0 Å². The zero-order chi connectivity index (χ0) is 15.4. The minimum atomic E-state index is -0.648. The quantitative estimate of drug-likeness (QED) is 0.485.